The molecule has 24 heavy (non-hydrogen) atoms. The number of nitrogens with one attached hydrogen (secondary N) is 1. The largest absolute Gasteiger partial charge is 0.484 e. The Kier molecular flexibility index (Phi) is 6.88. The van der Waals surface area contributed by atoms with E-state index >= 15 is 0 Å². The number of fused-ring (bicyclic) bond motifs is 1. The second-order valence-electron chi connectivity index (χ2n) is 6.03. The Bertz CT molecular complexity index is 671. The summed E-state index contributed by atoms with van der Waals surface area (Å²) < 4.78 is 5.75. The molecule has 3 rings (SSSR count). The first-order valence-corrected chi connectivity index (χ1v) is 8.39. The van der Waals surface area contributed by atoms with Crippen molar-refractivity contribution in [3.05, 3.63) is 42.5 Å². The van der Waals surface area contributed by atoms with Crippen molar-refractivity contribution in [2.45, 2.75) is 25.8 Å². The molecule has 2 aromatic rings. The first-order valence-electron chi connectivity index (χ1n) is 8.39. The van der Waals surface area contributed by atoms with Gasteiger partial charge in [-0.25, -0.2) is 0 Å². The molecule has 1 atom stereocenters. The second-order valence-corrected chi connectivity index (χ2v) is 6.03. The number of carbonyl (C=O) groups excluding carboxylic acids is 1. The van der Waals surface area contributed by atoms with Gasteiger partial charge in [-0.2, -0.15) is 0 Å². The number of carbonyl (C=O) groups is 1. The molecule has 0 aromatic heterocycles. The van der Waals surface area contributed by atoms with Gasteiger partial charge in [0.15, 0.2) is 6.61 Å². The maximum absolute atomic E-state index is 12.5. The lowest BCUT2D eigenvalue weighted by molar-refractivity contribution is -0.135. The Morgan fingerprint density at radius 2 is 2.04 bits per heavy atom. The minimum atomic E-state index is 0. The third-order valence-corrected chi connectivity index (χ3v) is 4.34. The SMILES string of the molecule is CCCN(C(=O)COc1ccc2ccccc2c1)C1CCNC1.Cl. The third-order valence-electron chi connectivity index (χ3n) is 4.34. The van der Waals surface area contributed by atoms with Gasteiger partial charge in [0, 0.05) is 19.1 Å². The number of halogens is 1. The summed E-state index contributed by atoms with van der Waals surface area (Å²) in [6, 6.07) is 14.4. The maximum atomic E-state index is 12.5. The van der Waals surface area contributed by atoms with Gasteiger partial charge < -0.3 is 15.0 Å². The molecule has 0 saturated carbocycles. The van der Waals surface area contributed by atoms with Gasteiger partial charge in [0.05, 0.1) is 0 Å². The van der Waals surface area contributed by atoms with Crippen LogP contribution in [0.1, 0.15) is 19.8 Å². The van der Waals surface area contributed by atoms with E-state index in [1.165, 1.54) is 5.39 Å². The van der Waals surface area contributed by atoms with Crippen LogP contribution >= 0.6 is 12.4 Å². The monoisotopic (exact) mass is 348 g/mol. The first kappa shape index (κ1) is 18.6. The molecule has 130 valence electrons. The molecular weight excluding hydrogens is 324 g/mol. The smallest absolute Gasteiger partial charge is 0.260 e. The molecule has 0 radical (unpaired) electrons. The molecule has 0 bridgehead atoms. The van der Waals surface area contributed by atoms with E-state index in [9.17, 15) is 4.79 Å². The Morgan fingerprint density at radius 3 is 2.75 bits per heavy atom. The molecule has 1 fully saturated rings. The molecule has 4 nitrogen and oxygen atoms in total. The highest BCUT2D eigenvalue weighted by atomic mass is 35.5. The molecule has 1 N–H and O–H groups in total. The molecule has 1 aliphatic heterocycles. The quantitative estimate of drug-likeness (QED) is 0.871. The van der Waals surface area contributed by atoms with Crippen molar-refractivity contribution in [1.29, 1.82) is 0 Å². The van der Waals surface area contributed by atoms with Gasteiger partial charge in [0.25, 0.3) is 5.91 Å². The summed E-state index contributed by atoms with van der Waals surface area (Å²) in [6.45, 7) is 4.89. The van der Waals surface area contributed by atoms with Crippen molar-refractivity contribution in [3.63, 3.8) is 0 Å². The van der Waals surface area contributed by atoms with E-state index < -0.39 is 0 Å². The molecule has 0 aliphatic carbocycles. The molecule has 1 unspecified atom stereocenters. The summed E-state index contributed by atoms with van der Waals surface area (Å²) in [5.41, 5.74) is 0. The van der Waals surface area contributed by atoms with Gasteiger partial charge in [-0.05, 0) is 42.3 Å². The number of benzene rings is 2. The molecule has 5 heteroatoms. The molecule has 1 heterocycles. The fraction of sp³-hybridized carbons (Fsp3) is 0.421. The molecule has 1 aliphatic rings. The Labute approximate surface area is 149 Å². The average molecular weight is 349 g/mol. The van der Waals surface area contributed by atoms with Crippen molar-refractivity contribution >= 4 is 29.1 Å². The summed E-state index contributed by atoms with van der Waals surface area (Å²) in [6.07, 6.45) is 2.00. The predicted molar refractivity (Wildman–Crippen MR) is 100.0 cm³/mol. The normalized spacial score (nSPS) is 16.6. The van der Waals surface area contributed by atoms with Crippen molar-refractivity contribution in [2.75, 3.05) is 26.2 Å². The summed E-state index contributed by atoms with van der Waals surface area (Å²) in [5.74, 6) is 0.826. The topological polar surface area (TPSA) is 41.6 Å². The number of amides is 1. The average Bonchev–Trinajstić information content (AvgIpc) is 3.11. The van der Waals surface area contributed by atoms with Gasteiger partial charge in [-0.15, -0.1) is 12.4 Å². The van der Waals surface area contributed by atoms with E-state index in [1.54, 1.807) is 0 Å². The number of hydrogen-bond acceptors (Lipinski definition) is 3. The van der Waals surface area contributed by atoms with Crippen molar-refractivity contribution in [1.82, 2.24) is 10.2 Å². The van der Waals surface area contributed by atoms with Crippen LogP contribution in [0.15, 0.2) is 42.5 Å². The highest BCUT2D eigenvalue weighted by Crippen LogP contribution is 2.20. The first-order chi connectivity index (χ1) is 11.3. The minimum absolute atomic E-state index is 0. The highest BCUT2D eigenvalue weighted by Gasteiger charge is 2.25. The highest BCUT2D eigenvalue weighted by molar-refractivity contribution is 5.85. The Hall–Kier alpha value is -1.78. The van der Waals surface area contributed by atoms with Crippen LogP contribution in [0.5, 0.6) is 5.75 Å². The zero-order chi connectivity index (χ0) is 16.1. The van der Waals surface area contributed by atoms with Crippen LogP contribution in [0, 0.1) is 0 Å². The lowest BCUT2D eigenvalue weighted by Gasteiger charge is -2.28. The number of ether oxygens (including phenoxy) is 1. The van der Waals surface area contributed by atoms with E-state index in [-0.39, 0.29) is 24.9 Å². The van der Waals surface area contributed by atoms with Crippen molar-refractivity contribution < 1.29 is 9.53 Å². The lowest BCUT2D eigenvalue weighted by Crippen LogP contribution is -2.44. The van der Waals surface area contributed by atoms with Gasteiger partial charge >= 0.3 is 0 Å². The van der Waals surface area contributed by atoms with Crippen molar-refractivity contribution in [2.24, 2.45) is 0 Å². The molecule has 0 spiro atoms. The van der Waals surface area contributed by atoms with E-state index in [0.717, 1.165) is 43.6 Å². The lowest BCUT2D eigenvalue weighted by atomic mass is 10.1. The number of nitrogens with zero attached hydrogens (tertiary/aromatic N) is 1. The predicted octanol–water partition coefficient (Wildman–Crippen LogP) is 3.24. The van der Waals surface area contributed by atoms with E-state index in [4.69, 9.17) is 4.74 Å². The van der Waals surface area contributed by atoms with Gasteiger partial charge in [-0.1, -0.05) is 37.3 Å². The van der Waals surface area contributed by atoms with Crippen molar-refractivity contribution in [3.8, 4) is 5.75 Å². The second kappa shape index (κ2) is 8.90. The number of hydrogen-bond donors (Lipinski definition) is 1. The fourth-order valence-electron chi connectivity index (χ4n) is 3.14. The molecule has 1 amide bonds. The van der Waals surface area contributed by atoms with E-state index in [2.05, 4.69) is 24.4 Å². The zero-order valence-electron chi connectivity index (χ0n) is 14.0. The molecular formula is C19H25ClN2O2. The van der Waals surface area contributed by atoms with Crippen LogP contribution < -0.4 is 10.1 Å². The molecule has 2 aromatic carbocycles. The van der Waals surface area contributed by atoms with Crippen LogP contribution in [0.3, 0.4) is 0 Å². The van der Waals surface area contributed by atoms with E-state index in [0.29, 0.717) is 6.04 Å². The van der Waals surface area contributed by atoms with Gasteiger partial charge in [0.1, 0.15) is 5.75 Å². The van der Waals surface area contributed by atoms with Crippen LogP contribution in [0.2, 0.25) is 0 Å². The zero-order valence-corrected chi connectivity index (χ0v) is 14.8. The van der Waals surface area contributed by atoms with Gasteiger partial charge in [-0.3, -0.25) is 4.79 Å². The Morgan fingerprint density at radius 1 is 1.25 bits per heavy atom. The van der Waals surface area contributed by atoms with Crippen LogP contribution in [-0.4, -0.2) is 43.1 Å². The number of rotatable bonds is 6. The summed E-state index contributed by atoms with van der Waals surface area (Å²) in [5, 5.41) is 5.63. The third kappa shape index (κ3) is 4.40. The summed E-state index contributed by atoms with van der Waals surface area (Å²) in [4.78, 5) is 14.5. The fourth-order valence-corrected chi connectivity index (χ4v) is 3.14. The maximum Gasteiger partial charge on any atom is 0.260 e. The summed E-state index contributed by atoms with van der Waals surface area (Å²) in [7, 11) is 0. The van der Waals surface area contributed by atoms with Crippen LogP contribution in [0.25, 0.3) is 10.8 Å². The van der Waals surface area contributed by atoms with Crippen LogP contribution in [0.4, 0.5) is 0 Å². The van der Waals surface area contributed by atoms with Gasteiger partial charge in [0.2, 0.25) is 0 Å². The summed E-state index contributed by atoms with van der Waals surface area (Å²) >= 11 is 0. The van der Waals surface area contributed by atoms with E-state index in [1.807, 2.05) is 35.2 Å². The molecule has 1 saturated heterocycles. The standard InChI is InChI=1S/C19H24N2O2.ClH/c1-2-11-21(17-9-10-20-13-17)19(22)14-23-18-8-7-15-5-3-4-6-16(15)12-18;/h3-8,12,17,20H,2,9-11,13-14H2,1H3;1H. The minimum Gasteiger partial charge on any atom is -0.484 e. The Balaban J connectivity index is 0.00000208. The van der Waals surface area contributed by atoms with Crippen LogP contribution in [-0.2, 0) is 4.79 Å².